The molecule has 1 aliphatic rings. The molecule has 10 heteroatoms. The number of pyridine rings is 1. The van der Waals surface area contributed by atoms with Crippen LogP contribution in [0.15, 0.2) is 54.9 Å². The number of rotatable bonds is 10. The zero-order valence-electron chi connectivity index (χ0n) is 21.2. The van der Waals surface area contributed by atoms with Crippen LogP contribution in [0, 0.1) is 0 Å². The number of aromatic nitrogens is 2. The van der Waals surface area contributed by atoms with Crippen molar-refractivity contribution in [2.75, 3.05) is 26.2 Å². The standard InChI is InChI=1S/C28H31ClN4O4S/c1-18(21-4-2-3-5-22(21)29)37-24-14-25(38-26(24)15-27(30)35)23-16-31-28-7-6-20(17-33(23)28)36-13-12-32-10-8-19(34)9-11-32/h2-7,14,16-19,34H,8-13,15H2,1H3,(H2,30,35). The van der Waals surface area contributed by atoms with Crippen molar-refractivity contribution in [3.05, 3.63) is 70.3 Å². The van der Waals surface area contributed by atoms with Gasteiger partial charge in [-0.15, -0.1) is 11.3 Å². The fourth-order valence-corrected chi connectivity index (χ4v) is 6.04. The molecule has 1 saturated heterocycles. The van der Waals surface area contributed by atoms with E-state index in [-0.39, 0.29) is 18.6 Å². The molecule has 0 aliphatic carbocycles. The highest BCUT2D eigenvalue weighted by Gasteiger charge is 2.20. The van der Waals surface area contributed by atoms with Crippen LogP contribution in [0.5, 0.6) is 11.5 Å². The summed E-state index contributed by atoms with van der Waals surface area (Å²) in [5, 5.41) is 10.3. The van der Waals surface area contributed by atoms with E-state index in [1.165, 1.54) is 11.3 Å². The number of nitrogens with zero attached hydrogens (tertiary/aromatic N) is 3. The molecule has 1 atom stereocenters. The number of likely N-dealkylation sites (tertiary alicyclic amines) is 1. The number of amides is 1. The lowest BCUT2D eigenvalue weighted by molar-refractivity contribution is -0.117. The first-order valence-corrected chi connectivity index (χ1v) is 13.9. The summed E-state index contributed by atoms with van der Waals surface area (Å²) >= 11 is 7.83. The van der Waals surface area contributed by atoms with E-state index >= 15 is 0 Å². The van der Waals surface area contributed by atoms with E-state index in [1.807, 2.05) is 60.0 Å². The Labute approximate surface area is 230 Å². The number of primary amides is 1. The summed E-state index contributed by atoms with van der Waals surface area (Å²) in [6, 6.07) is 13.3. The topological polar surface area (TPSA) is 102 Å². The van der Waals surface area contributed by atoms with Gasteiger partial charge < -0.3 is 20.3 Å². The van der Waals surface area contributed by atoms with Gasteiger partial charge in [0.15, 0.2) is 0 Å². The number of ether oxygens (including phenoxy) is 2. The van der Waals surface area contributed by atoms with Crippen molar-refractivity contribution in [2.24, 2.45) is 5.73 Å². The van der Waals surface area contributed by atoms with Gasteiger partial charge in [-0.3, -0.25) is 14.1 Å². The van der Waals surface area contributed by atoms with Crippen molar-refractivity contribution in [2.45, 2.75) is 38.4 Å². The first kappa shape index (κ1) is 26.5. The van der Waals surface area contributed by atoms with Crippen molar-refractivity contribution >= 4 is 34.5 Å². The molecule has 38 heavy (non-hydrogen) atoms. The fraction of sp³-hybridized carbons (Fsp3) is 0.357. The number of halogens is 1. The SMILES string of the molecule is CC(Oc1cc(-c2cnc3ccc(OCCN4CCC(O)CC4)cn23)sc1CC(N)=O)c1ccccc1Cl. The molecule has 200 valence electrons. The molecule has 1 unspecified atom stereocenters. The van der Waals surface area contributed by atoms with E-state index in [9.17, 15) is 9.90 Å². The Hall–Kier alpha value is -3.11. The van der Waals surface area contributed by atoms with Crippen LogP contribution < -0.4 is 15.2 Å². The number of carbonyl (C=O) groups is 1. The zero-order valence-corrected chi connectivity index (χ0v) is 22.8. The Kier molecular flexibility index (Phi) is 8.18. The van der Waals surface area contributed by atoms with Crippen molar-refractivity contribution in [1.82, 2.24) is 14.3 Å². The third-order valence-electron chi connectivity index (χ3n) is 6.72. The third kappa shape index (κ3) is 6.13. The Balaban J connectivity index is 1.36. The first-order valence-electron chi connectivity index (χ1n) is 12.7. The largest absolute Gasteiger partial charge is 0.491 e. The summed E-state index contributed by atoms with van der Waals surface area (Å²) in [4.78, 5) is 20.3. The average molecular weight is 555 g/mol. The minimum absolute atomic E-state index is 0.0772. The van der Waals surface area contributed by atoms with Gasteiger partial charge >= 0.3 is 0 Å². The number of piperidine rings is 1. The number of benzene rings is 1. The molecule has 0 saturated carbocycles. The summed E-state index contributed by atoms with van der Waals surface area (Å²) in [6.45, 7) is 5.08. The van der Waals surface area contributed by atoms with E-state index in [1.54, 1.807) is 6.20 Å². The fourth-order valence-electron chi connectivity index (χ4n) is 4.64. The second-order valence-electron chi connectivity index (χ2n) is 9.48. The van der Waals surface area contributed by atoms with E-state index in [0.717, 1.165) is 64.9 Å². The third-order valence-corrected chi connectivity index (χ3v) is 8.20. The van der Waals surface area contributed by atoms with Gasteiger partial charge in [0.05, 0.1) is 40.4 Å². The zero-order chi connectivity index (χ0) is 26.6. The molecule has 5 rings (SSSR count). The van der Waals surface area contributed by atoms with Crippen LogP contribution in [-0.2, 0) is 11.2 Å². The van der Waals surface area contributed by atoms with Crippen LogP contribution in [0.2, 0.25) is 5.02 Å². The van der Waals surface area contributed by atoms with Crippen LogP contribution in [0.3, 0.4) is 0 Å². The van der Waals surface area contributed by atoms with Crippen molar-refractivity contribution in [3.63, 3.8) is 0 Å². The number of aliphatic hydroxyl groups is 1. The molecule has 3 N–H and O–H groups in total. The molecule has 0 bridgehead atoms. The minimum atomic E-state index is -0.425. The Bertz CT molecular complexity index is 1410. The lowest BCUT2D eigenvalue weighted by Crippen LogP contribution is -2.38. The minimum Gasteiger partial charge on any atom is -0.491 e. The summed E-state index contributed by atoms with van der Waals surface area (Å²) in [5.41, 5.74) is 8.06. The molecule has 0 spiro atoms. The number of imidazole rings is 1. The van der Waals surface area contributed by atoms with Gasteiger partial charge in [0.2, 0.25) is 5.91 Å². The van der Waals surface area contributed by atoms with Crippen LogP contribution in [-0.4, -0.2) is 57.6 Å². The highest BCUT2D eigenvalue weighted by Crippen LogP contribution is 2.39. The molecule has 1 fully saturated rings. The molecule has 4 aromatic rings. The predicted octanol–water partition coefficient (Wildman–Crippen LogP) is 4.72. The van der Waals surface area contributed by atoms with E-state index in [2.05, 4.69) is 9.88 Å². The molecule has 3 aromatic heterocycles. The van der Waals surface area contributed by atoms with Crippen LogP contribution in [0.25, 0.3) is 16.2 Å². The summed E-state index contributed by atoms with van der Waals surface area (Å²) < 4.78 is 14.3. The summed E-state index contributed by atoms with van der Waals surface area (Å²) in [6.07, 6.45) is 4.94. The monoisotopic (exact) mass is 554 g/mol. The molecular weight excluding hydrogens is 524 g/mol. The number of fused-ring (bicyclic) bond motifs is 1. The number of nitrogens with two attached hydrogens (primary N) is 1. The number of hydrogen-bond acceptors (Lipinski definition) is 7. The van der Waals surface area contributed by atoms with Gasteiger partial charge in [-0.2, -0.15) is 0 Å². The van der Waals surface area contributed by atoms with Crippen molar-refractivity contribution in [3.8, 4) is 22.1 Å². The lowest BCUT2D eigenvalue weighted by Gasteiger charge is -2.29. The van der Waals surface area contributed by atoms with Gasteiger partial charge in [0.1, 0.15) is 29.9 Å². The van der Waals surface area contributed by atoms with Crippen LogP contribution in [0.1, 0.15) is 36.3 Å². The molecule has 1 aromatic carbocycles. The number of carbonyl (C=O) groups excluding carboxylic acids is 1. The summed E-state index contributed by atoms with van der Waals surface area (Å²) in [5.74, 6) is 0.919. The van der Waals surface area contributed by atoms with Crippen molar-refractivity contribution in [1.29, 1.82) is 0 Å². The van der Waals surface area contributed by atoms with Gasteiger partial charge in [-0.1, -0.05) is 29.8 Å². The second kappa shape index (κ2) is 11.7. The molecule has 1 amide bonds. The van der Waals surface area contributed by atoms with Gasteiger partial charge in [-0.25, -0.2) is 4.98 Å². The molecule has 1 aliphatic heterocycles. The van der Waals surface area contributed by atoms with Gasteiger partial charge in [0.25, 0.3) is 0 Å². The first-order chi connectivity index (χ1) is 18.4. The summed E-state index contributed by atoms with van der Waals surface area (Å²) in [7, 11) is 0. The van der Waals surface area contributed by atoms with Crippen LogP contribution in [0.4, 0.5) is 0 Å². The number of hydrogen-bond donors (Lipinski definition) is 2. The maximum atomic E-state index is 11.8. The van der Waals surface area contributed by atoms with Gasteiger partial charge in [0, 0.05) is 36.3 Å². The lowest BCUT2D eigenvalue weighted by atomic mass is 10.1. The predicted molar refractivity (Wildman–Crippen MR) is 149 cm³/mol. The van der Waals surface area contributed by atoms with Gasteiger partial charge in [-0.05, 0) is 38.0 Å². The quantitative estimate of drug-likeness (QED) is 0.294. The molecule has 8 nitrogen and oxygen atoms in total. The molecule has 0 radical (unpaired) electrons. The van der Waals surface area contributed by atoms with Crippen LogP contribution >= 0.6 is 22.9 Å². The Morgan fingerprint density at radius 2 is 2.05 bits per heavy atom. The van der Waals surface area contributed by atoms with E-state index < -0.39 is 5.91 Å². The maximum Gasteiger partial charge on any atom is 0.222 e. The van der Waals surface area contributed by atoms with E-state index in [0.29, 0.717) is 17.4 Å². The smallest absolute Gasteiger partial charge is 0.222 e. The highest BCUT2D eigenvalue weighted by molar-refractivity contribution is 7.15. The Morgan fingerprint density at radius 1 is 1.26 bits per heavy atom. The highest BCUT2D eigenvalue weighted by atomic mass is 35.5. The maximum absolute atomic E-state index is 11.8. The van der Waals surface area contributed by atoms with Crippen molar-refractivity contribution < 1.29 is 19.4 Å². The number of aliphatic hydroxyl groups excluding tert-OH is 1. The van der Waals surface area contributed by atoms with E-state index in [4.69, 9.17) is 26.8 Å². The molecule has 4 heterocycles. The number of thiophene rings is 1. The Morgan fingerprint density at radius 3 is 2.82 bits per heavy atom. The molecular formula is C28H31ClN4O4S. The second-order valence-corrected chi connectivity index (χ2v) is 11.0. The normalized spacial score (nSPS) is 15.6. The average Bonchev–Trinajstić information content (AvgIpc) is 3.48.